The zero-order valence-electron chi connectivity index (χ0n) is 15.8. The Bertz CT molecular complexity index is 842. The first-order valence-electron chi connectivity index (χ1n) is 9.46. The highest BCUT2D eigenvalue weighted by Crippen LogP contribution is 2.32. The summed E-state index contributed by atoms with van der Waals surface area (Å²) in [6.45, 7) is 10.1. The molecular weight excluding hydrogens is 404 g/mol. The second-order valence-electron chi connectivity index (χ2n) is 6.88. The fourth-order valence-corrected chi connectivity index (χ4v) is 4.09. The van der Waals surface area contributed by atoms with Crippen molar-refractivity contribution in [3.63, 3.8) is 0 Å². The van der Waals surface area contributed by atoms with Gasteiger partial charge >= 0.3 is 0 Å². The lowest BCUT2D eigenvalue weighted by molar-refractivity contribution is 0.589. The van der Waals surface area contributed by atoms with E-state index in [4.69, 9.17) is 4.98 Å². The molecule has 0 bridgehead atoms. The van der Waals surface area contributed by atoms with Crippen LogP contribution in [0.2, 0.25) is 0 Å². The van der Waals surface area contributed by atoms with E-state index < -0.39 is 0 Å². The molecule has 0 spiro atoms. The summed E-state index contributed by atoms with van der Waals surface area (Å²) in [4.78, 5) is 14.1. The molecule has 2 aliphatic rings. The van der Waals surface area contributed by atoms with Crippen molar-refractivity contribution in [1.82, 2.24) is 15.3 Å². The van der Waals surface area contributed by atoms with Gasteiger partial charge in [-0.25, -0.2) is 4.98 Å². The number of hydrogen-bond donors (Lipinski definition) is 2. The van der Waals surface area contributed by atoms with Crippen LogP contribution in [-0.4, -0.2) is 49.2 Å². The number of nitrogens with one attached hydrogen (secondary N) is 2. The molecule has 2 aromatic rings. The lowest BCUT2D eigenvalue weighted by atomic mass is 10.1. The van der Waals surface area contributed by atoms with Crippen molar-refractivity contribution in [2.24, 2.45) is 0 Å². The first kappa shape index (κ1) is 18.3. The highest BCUT2D eigenvalue weighted by atomic mass is 79.9. The standard InChI is InChI=1S/C20H25BrN6/c1-3-26-13-15(21)12-18-14(2)23-20(25-19(18)26)24-16-4-6-17(7-5-16)27-10-8-22-9-11-27/h4-7,12,22H,3,8-11,13H2,1-2H3,(H,23,24,25). The second kappa shape index (κ2) is 7.86. The van der Waals surface area contributed by atoms with E-state index in [9.17, 15) is 0 Å². The molecule has 1 aromatic heterocycles. The zero-order chi connectivity index (χ0) is 18.8. The van der Waals surface area contributed by atoms with Crippen LogP contribution in [0.25, 0.3) is 6.08 Å². The topological polar surface area (TPSA) is 56.3 Å². The Morgan fingerprint density at radius 3 is 2.59 bits per heavy atom. The van der Waals surface area contributed by atoms with Crippen LogP contribution in [0.1, 0.15) is 18.2 Å². The molecule has 1 aromatic carbocycles. The number of halogens is 1. The maximum absolute atomic E-state index is 4.79. The van der Waals surface area contributed by atoms with Gasteiger partial charge in [0.15, 0.2) is 0 Å². The van der Waals surface area contributed by atoms with Gasteiger partial charge in [0.2, 0.25) is 5.95 Å². The number of piperazine rings is 1. The van der Waals surface area contributed by atoms with Gasteiger partial charge in [-0.3, -0.25) is 0 Å². The SMILES string of the molecule is CCN1CC(Br)=Cc2c(C)nc(Nc3ccc(N4CCNCC4)cc3)nc21. The minimum absolute atomic E-state index is 0.644. The molecule has 0 unspecified atom stereocenters. The lowest BCUT2D eigenvalue weighted by Gasteiger charge is -2.29. The van der Waals surface area contributed by atoms with Gasteiger partial charge in [0, 0.05) is 54.1 Å². The van der Waals surface area contributed by atoms with Gasteiger partial charge in [-0.15, -0.1) is 0 Å². The van der Waals surface area contributed by atoms with Crippen LogP contribution in [0, 0.1) is 6.92 Å². The van der Waals surface area contributed by atoms with Gasteiger partial charge < -0.3 is 20.4 Å². The van der Waals surface area contributed by atoms with Crippen LogP contribution in [0.15, 0.2) is 28.7 Å². The molecule has 142 valence electrons. The van der Waals surface area contributed by atoms with E-state index >= 15 is 0 Å². The Labute approximate surface area is 168 Å². The third-order valence-corrected chi connectivity index (χ3v) is 5.53. The fraction of sp³-hybridized carbons (Fsp3) is 0.400. The zero-order valence-corrected chi connectivity index (χ0v) is 17.4. The minimum Gasteiger partial charge on any atom is -0.369 e. The third kappa shape index (κ3) is 3.94. The normalized spacial score (nSPS) is 16.8. The van der Waals surface area contributed by atoms with Gasteiger partial charge in [0.25, 0.3) is 0 Å². The third-order valence-electron chi connectivity index (χ3n) is 5.05. The molecule has 0 amide bonds. The van der Waals surface area contributed by atoms with Gasteiger partial charge in [-0.1, -0.05) is 15.9 Å². The van der Waals surface area contributed by atoms with E-state index in [1.54, 1.807) is 0 Å². The van der Waals surface area contributed by atoms with E-state index in [0.29, 0.717) is 5.95 Å². The number of aromatic nitrogens is 2. The van der Waals surface area contributed by atoms with Crippen molar-refractivity contribution in [3.8, 4) is 0 Å². The van der Waals surface area contributed by atoms with Gasteiger partial charge in [0.05, 0.1) is 12.2 Å². The minimum atomic E-state index is 0.644. The summed E-state index contributed by atoms with van der Waals surface area (Å²) in [5.41, 5.74) is 4.34. The number of nitrogens with zero attached hydrogens (tertiary/aromatic N) is 4. The molecule has 6 nitrogen and oxygen atoms in total. The number of rotatable bonds is 4. The Morgan fingerprint density at radius 1 is 1.15 bits per heavy atom. The van der Waals surface area contributed by atoms with Crippen LogP contribution in [0.3, 0.4) is 0 Å². The van der Waals surface area contributed by atoms with Crippen molar-refractivity contribution in [2.75, 3.05) is 54.4 Å². The Morgan fingerprint density at radius 2 is 1.89 bits per heavy atom. The molecule has 1 saturated heterocycles. The molecule has 0 aliphatic carbocycles. The molecule has 7 heteroatoms. The number of fused-ring (bicyclic) bond motifs is 1. The smallest absolute Gasteiger partial charge is 0.229 e. The number of aryl methyl sites for hydroxylation is 1. The Hall–Kier alpha value is -2.12. The summed E-state index contributed by atoms with van der Waals surface area (Å²) in [5, 5.41) is 6.76. The number of hydrogen-bond acceptors (Lipinski definition) is 6. The summed E-state index contributed by atoms with van der Waals surface area (Å²) in [6.07, 6.45) is 2.13. The predicted octanol–water partition coefficient (Wildman–Crippen LogP) is 3.51. The average Bonchev–Trinajstić information content (AvgIpc) is 2.69. The molecule has 2 N–H and O–H groups in total. The molecular formula is C20H25BrN6. The van der Waals surface area contributed by atoms with Crippen molar-refractivity contribution >= 4 is 45.1 Å². The molecule has 27 heavy (non-hydrogen) atoms. The van der Waals surface area contributed by atoms with E-state index in [0.717, 1.165) is 66.5 Å². The number of benzene rings is 1. The summed E-state index contributed by atoms with van der Waals surface area (Å²) in [6, 6.07) is 8.53. The van der Waals surface area contributed by atoms with E-state index in [-0.39, 0.29) is 0 Å². The molecule has 4 rings (SSSR count). The Balaban J connectivity index is 1.55. The van der Waals surface area contributed by atoms with E-state index in [1.165, 1.54) is 5.69 Å². The molecule has 0 radical (unpaired) electrons. The van der Waals surface area contributed by atoms with Crippen LogP contribution >= 0.6 is 15.9 Å². The monoisotopic (exact) mass is 428 g/mol. The van der Waals surface area contributed by atoms with Crippen molar-refractivity contribution in [1.29, 1.82) is 0 Å². The quantitative estimate of drug-likeness (QED) is 0.776. The van der Waals surface area contributed by atoms with E-state index in [1.807, 2.05) is 6.92 Å². The molecule has 3 heterocycles. The van der Waals surface area contributed by atoms with Crippen molar-refractivity contribution < 1.29 is 0 Å². The summed E-state index contributed by atoms with van der Waals surface area (Å²) in [5.74, 6) is 1.64. The molecule has 2 aliphatic heterocycles. The molecule has 1 fully saturated rings. The van der Waals surface area contributed by atoms with Crippen molar-refractivity contribution in [2.45, 2.75) is 13.8 Å². The predicted molar refractivity (Wildman–Crippen MR) is 116 cm³/mol. The first-order valence-corrected chi connectivity index (χ1v) is 10.3. The largest absolute Gasteiger partial charge is 0.369 e. The van der Waals surface area contributed by atoms with Crippen LogP contribution in [0.5, 0.6) is 0 Å². The molecule has 0 saturated carbocycles. The second-order valence-corrected chi connectivity index (χ2v) is 7.90. The van der Waals surface area contributed by atoms with E-state index in [2.05, 4.69) is 78.6 Å². The Kier molecular flexibility index (Phi) is 5.31. The van der Waals surface area contributed by atoms with Gasteiger partial charge in [0.1, 0.15) is 5.82 Å². The summed E-state index contributed by atoms with van der Waals surface area (Å²) in [7, 11) is 0. The fourth-order valence-electron chi connectivity index (χ4n) is 3.56. The summed E-state index contributed by atoms with van der Waals surface area (Å²) >= 11 is 3.63. The highest BCUT2D eigenvalue weighted by Gasteiger charge is 2.20. The van der Waals surface area contributed by atoms with Gasteiger partial charge in [-0.05, 0) is 44.2 Å². The molecule has 0 atom stereocenters. The summed E-state index contributed by atoms with van der Waals surface area (Å²) < 4.78 is 1.16. The van der Waals surface area contributed by atoms with Crippen LogP contribution in [-0.2, 0) is 0 Å². The van der Waals surface area contributed by atoms with Gasteiger partial charge in [-0.2, -0.15) is 4.98 Å². The highest BCUT2D eigenvalue weighted by molar-refractivity contribution is 9.11. The van der Waals surface area contributed by atoms with Crippen LogP contribution in [0.4, 0.5) is 23.1 Å². The maximum Gasteiger partial charge on any atom is 0.229 e. The average molecular weight is 429 g/mol. The van der Waals surface area contributed by atoms with Crippen LogP contribution < -0.4 is 20.4 Å². The van der Waals surface area contributed by atoms with Crippen molar-refractivity contribution in [3.05, 3.63) is 40.0 Å². The number of anilines is 4. The lowest BCUT2D eigenvalue weighted by Crippen LogP contribution is -2.43. The number of likely N-dealkylation sites (N-methyl/N-ethyl adjacent to an activating group) is 1. The maximum atomic E-state index is 4.79. The first-order chi connectivity index (χ1) is 13.1.